The van der Waals surface area contributed by atoms with Crippen molar-refractivity contribution in [1.29, 1.82) is 0 Å². The van der Waals surface area contributed by atoms with Crippen LogP contribution in [0.2, 0.25) is 0 Å². The number of aliphatic hydroxyl groups is 1. The summed E-state index contributed by atoms with van der Waals surface area (Å²) in [6.45, 7) is 6.03. The maximum absolute atomic E-state index is 11.1. The van der Waals surface area contributed by atoms with Crippen LogP contribution in [-0.2, 0) is 4.74 Å². The molecule has 1 rings (SSSR count). The Morgan fingerprint density at radius 3 is 2.40 bits per heavy atom. The van der Waals surface area contributed by atoms with Gasteiger partial charge in [-0.05, 0) is 25.3 Å². The zero-order valence-corrected chi connectivity index (χ0v) is 16.2. The van der Waals surface area contributed by atoms with E-state index < -0.39 is 6.29 Å². The third-order valence-electron chi connectivity index (χ3n) is 3.87. The number of rotatable bonds is 15. The molecule has 0 aliphatic rings. The van der Waals surface area contributed by atoms with Crippen LogP contribution in [0.5, 0.6) is 0 Å². The molecule has 25 heavy (non-hydrogen) atoms. The van der Waals surface area contributed by atoms with Crippen LogP contribution in [0.25, 0.3) is 0 Å². The van der Waals surface area contributed by atoms with Gasteiger partial charge >= 0.3 is 0 Å². The van der Waals surface area contributed by atoms with E-state index in [1.807, 2.05) is 0 Å². The molecule has 0 saturated heterocycles. The molecule has 1 aromatic rings. The van der Waals surface area contributed by atoms with Crippen molar-refractivity contribution in [1.82, 2.24) is 9.97 Å². The van der Waals surface area contributed by atoms with Crippen LogP contribution in [0.1, 0.15) is 64.7 Å². The molecule has 1 aromatic heterocycles. The minimum Gasteiger partial charge on any atom is -0.364 e. The quantitative estimate of drug-likeness (QED) is 0.159. The van der Waals surface area contributed by atoms with Crippen LogP contribution < -0.4 is 5.56 Å². The van der Waals surface area contributed by atoms with Crippen molar-refractivity contribution < 1.29 is 9.84 Å². The molecule has 0 fully saturated rings. The molecule has 6 heteroatoms. The SMILES string of the molecule is C=C(C)C(O)OCCCCCCCCCCCSc1nccc(=O)[nH]1. The molecule has 0 aliphatic carbocycles. The first-order chi connectivity index (χ1) is 12.1. The van der Waals surface area contributed by atoms with Gasteiger partial charge in [-0.25, -0.2) is 4.98 Å². The smallest absolute Gasteiger partial charge is 0.251 e. The zero-order valence-electron chi connectivity index (χ0n) is 15.3. The van der Waals surface area contributed by atoms with Gasteiger partial charge in [-0.1, -0.05) is 63.3 Å². The number of aromatic amines is 1. The highest BCUT2D eigenvalue weighted by Gasteiger charge is 2.03. The molecule has 0 spiro atoms. The third-order valence-corrected chi connectivity index (χ3v) is 4.85. The number of H-pyrrole nitrogens is 1. The molecule has 0 aromatic carbocycles. The molecule has 2 N–H and O–H groups in total. The first kappa shape index (κ1) is 21.9. The van der Waals surface area contributed by atoms with Crippen molar-refractivity contribution in [2.75, 3.05) is 12.4 Å². The molecular formula is C19H32N2O3S. The van der Waals surface area contributed by atoms with Gasteiger partial charge in [-0.3, -0.25) is 4.79 Å². The number of nitrogens with zero attached hydrogens (tertiary/aromatic N) is 1. The number of hydrogen-bond donors (Lipinski definition) is 2. The fraction of sp³-hybridized carbons (Fsp3) is 0.684. The number of hydrogen-bond acceptors (Lipinski definition) is 5. The molecule has 1 atom stereocenters. The molecular weight excluding hydrogens is 336 g/mol. The van der Waals surface area contributed by atoms with Gasteiger partial charge in [0.25, 0.3) is 5.56 Å². The number of thioether (sulfide) groups is 1. The normalized spacial score (nSPS) is 12.2. The number of unbranched alkanes of at least 4 members (excludes halogenated alkanes) is 8. The average molecular weight is 369 g/mol. The van der Waals surface area contributed by atoms with Crippen molar-refractivity contribution in [2.45, 2.75) is 76.2 Å². The number of ether oxygens (including phenoxy) is 1. The van der Waals surface area contributed by atoms with E-state index in [0.717, 1.165) is 25.0 Å². The first-order valence-corrected chi connectivity index (χ1v) is 10.2. The van der Waals surface area contributed by atoms with Crippen molar-refractivity contribution in [3.63, 3.8) is 0 Å². The van der Waals surface area contributed by atoms with Crippen LogP contribution in [0.15, 0.2) is 34.4 Å². The Kier molecular flexibility index (Phi) is 12.4. The van der Waals surface area contributed by atoms with E-state index in [9.17, 15) is 9.90 Å². The van der Waals surface area contributed by atoms with Gasteiger partial charge in [0.15, 0.2) is 11.4 Å². The van der Waals surface area contributed by atoms with Gasteiger partial charge in [0, 0.05) is 18.0 Å². The highest BCUT2D eigenvalue weighted by molar-refractivity contribution is 7.99. The second-order valence-corrected chi connectivity index (χ2v) is 7.42. The largest absolute Gasteiger partial charge is 0.364 e. The fourth-order valence-electron chi connectivity index (χ4n) is 2.37. The summed E-state index contributed by atoms with van der Waals surface area (Å²) in [6, 6.07) is 1.43. The van der Waals surface area contributed by atoms with Crippen LogP contribution >= 0.6 is 11.8 Å². The molecule has 1 heterocycles. The predicted octanol–water partition coefficient (Wildman–Crippen LogP) is 4.28. The van der Waals surface area contributed by atoms with Crippen molar-refractivity contribution in [3.05, 3.63) is 34.8 Å². The lowest BCUT2D eigenvalue weighted by atomic mass is 10.1. The lowest BCUT2D eigenvalue weighted by molar-refractivity contribution is -0.0727. The zero-order chi connectivity index (χ0) is 18.3. The third kappa shape index (κ3) is 12.0. The molecule has 0 radical (unpaired) electrons. The topological polar surface area (TPSA) is 75.2 Å². The Morgan fingerprint density at radius 2 is 1.80 bits per heavy atom. The van der Waals surface area contributed by atoms with Crippen LogP contribution in [0, 0.1) is 0 Å². The molecule has 0 bridgehead atoms. The molecule has 142 valence electrons. The minimum absolute atomic E-state index is 0.0870. The summed E-state index contributed by atoms with van der Waals surface area (Å²) < 4.78 is 5.25. The Hall–Kier alpha value is -1.11. The summed E-state index contributed by atoms with van der Waals surface area (Å²) in [5.74, 6) is 1.00. The van der Waals surface area contributed by atoms with Crippen molar-refractivity contribution in [2.24, 2.45) is 0 Å². The van der Waals surface area contributed by atoms with E-state index in [2.05, 4.69) is 16.5 Å². The highest BCUT2D eigenvalue weighted by atomic mass is 32.2. The van der Waals surface area contributed by atoms with Gasteiger partial charge < -0.3 is 14.8 Å². The Bertz CT molecular complexity index is 533. The monoisotopic (exact) mass is 368 g/mol. The summed E-state index contributed by atoms with van der Waals surface area (Å²) >= 11 is 1.62. The average Bonchev–Trinajstić information content (AvgIpc) is 2.58. The van der Waals surface area contributed by atoms with Crippen LogP contribution in [0.3, 0.4) is 0 Å². The Labute approximate surface area is 155 Å². The van der Waals surface area contributed by atoms with Gasteiger partial charge in [0.05, 0.1) is 6.61 Å². The van der Waals surface area contributed by atoms with E-state index in [1.165, 1.54) is 44.6 Å². The first-order valence-electron chi connectivity index (χ1n) is 9.23. The molecule has 0 saturated carbocycles. The number of aromatic nitrogens is 2. The van der Waals surface area contributed by atoms with Crippen molar-refractivity contribution in [3.8, 4) is 0 Å². The predicted molar refractivity (Wildman–Crippen MR) is 104 cm³/mol. The van der Waals surface area contributed by atoms with E-state index in [1.54, 1.807) is 24.9 Å². The second-order valence-electron chi connectivity index (χ2n) is 6.34. The summed E-state index contributed by atoms with van der Waals surface area (Å²) in [5.41, 5.74) is 0.572. The van der Waals surface area contributed by atoms with E-state index in [-0.39, 0.29) is 5.56 Å². The highest BCUT2D eigenvalue weighted by Crippen LogP contribution is 2.15. The lowest BCUT2D eigenvalue weighted by Crippen LogP contribution is -2.13. The van der Waals surface area contributed by atoms with Gasteiger partial charge in [-0.15, -0.1) is 0 Å². The summed E-state index contributed by atoms with van der Waals surface area (Å²) in [4.78, 5) is 18.0. The fourth-order valence-corrected chi connectivity index (χ4v) is 3.22. The van der Waals surface area contributed by atoms with E-state index >= 15 is 0 Å². The minimum atomic E-state index is -0.809. The Morgan fingerprint density at radius 1 is 1.20 bits per heavy atom. The van der Waals surface area contributed by atoms with E-state index in [0.29, 0.717) is 17.3 Å². The molecule has 5 nitrogen and oxygen atoms in total. The number of nitrogens with one attached hydrogen (secondary N) is 1. The maximum Gasteiger partial charge on any atom is 0.251 e. The summed E-state index contributed by atoms with van der Waals surface area (Å²) in [7, 11) is 0. The molecule has 0 aliphatic heterocycles. The van der Waals surface area contributed by atoms with E-state index in [4.69, 9.17) is 4.74 Å². The standard InChI is InChI=1S/C19H32N2O3S/c1-16(2)18(23)24-14-10-8-6-4-3-5-7-9-11-15-25-19-20-13-12-17(22)21-19/h12-13,18,23H,1,3-11,14-15H2,2H3,(H,20,21,22). The van der Waals surface area contributed by atoms with Gasteiger partial charge in [0.2, 0.25) is 0 Å². The van der Waals surface area contributed by atoms with Crippen molar-refractivity contribution >= 4 is 11.8 Å². The lowest BCUT2D eigenvalue weighted by Gasteiger charge is -2.11. The van der Waals surface area contributed by atoms with Gasteiger partial charge in [-0.2, -0.15) is 0 Å². The van der Waals surface area contributed by atoms with Crippen LogP contribution in [-0.4, -0.2) is 33.7 Å². The second kappa shape index (κ2) is 14.1. The molecule has 1 unspecified atom stereocenters. The Balaban J connectivity index is 1.81. The maximum atomic E-state index is 11.1. The number of aliphatic hydroxyl groups excluding tert-OH is 1. The summed E-state index contributed by atoms with van der Waals surface area (Å²) in [5, 5.41) is 10.1. The molecule has 0 amide bonds. The van der Waals surface area contributed by atoms with Gasteiger partial charge in [0.1, 0.15) is 0 Å². The summed E-state index contributed by atoms with van der Waals surface area (Å²) in [6.07, 6.45) is 11.6. The van der Waals surface area contributed by atoms with Crippen LogP contribution in [0.4, 0.5) is 0 Å².